The Bertz CT molecular complexity index is 1150. The first-order chi connectivity index (χ1) is 15.1. The molecule has 0 radical (unpaired) electrons. The number of aryl methyl sites for hydroxylation is 1. The van der Waals surface area contributed by atoms with Gasteiger partial charge in [-0.05, 0) is 64.3 Å². The third-order valence-corrected chi connectivity index (χ3v) is 5.76. The van der Waals surface area contributed by atoms with Crippen LogP contribution in [0.4, 0.5) is 24.5 Å². The van der Waals surface area contributed by atoms with E-state index in [2.05, 4.69) is 15.4 Å². The monoisotopic (exact) mass is 445 g/mol. The maximum Gasteiger partial charge on any atom is 0.416 e. The third kappa shape index (κ3) is 4.28. The Morgan fingerprint density at radius 2 is 1.84 bits per heavy atom. The Labute approximate surface area is 184 Å². The number of hydrogen-bond donors (Lipinski definition) is 1. The van der Waals surface area contributed by atoms with Gasteiger partial charge in [0.15, 0.2) is 5.65 Å². The van der Waals surface area contributed by atoms with Gasteiger partial charge in [-0.1, -0.05) is 0 Å². The molecule has 3 heterocycles. The number of hydrogen-bond acceptors (Lipinski definition) is 4. The fourth-order valence-electron chi connectivity index (χ4n) is 4.09. The zero-order valence-corrected chi connectivity index (χ0v) is 18.3. The van der Waals surface area contributed by atoms with Gasteiger partial charge in [0.1, 0.15) is 0 Å². The number of nitrogens with one attached hydrogen (secondary N) is 1. The largest absolute Gasteiger partial charge is 0.416 e. The molecule has 1 aromatic carbocycles. The van der Waals surface area contributed by atoms with E-state index in [1.54, 1.807) is 23.9 Å². The summed E-state index contributed by atoms with van der Waals surface area (Å²) in [6, 6.07) is 5.33. The molecule has 0 atom stereocenters. The molecule has 0 bridgehead atoms. The summed E-state index contributed by atoms with van der Waals surface area (Å²) in [4.78, 5) is 19.7. The van der Waals surface area contributed by atoms with Crippen molar-refractivity contribution in [2.24, 2.45) is 0 Å². The minimum Gasteiger partial charge on any atom is -0.370 e. The predicted molar refractivity (Wildman–Crippen MR) is 118 cm³/mol. The van der Waals surface area contributed by atoms with Crippen molar-refractivity contribution in [3.8, 4) is 0 Å². The van der Waals surface area contributed by atoms with Crippen molar-refractivity contribution in [3.05, 3.63) is 47.3 Å². The SMILES string of the molecule is Cc1nc2c(cnn2C(C)C)cc1C(=O)Nc1cc(C(F)(F)F)ccc1N1CCCCC1. The Morgan fingerprint density at radius 3 is 2.50 bits per heavy atom. The summed E-state index contributed by atoms with van der Waals surface area (Å²) >= 11 is 0. The van der Waals surface area contributed by atoms with Crippen molar-refractivity contribution in [3.63, 3.8) is 0 Å². The summed E-state index contributed by atoms with van der Waals surface area (Å²) in [5.74, 6) is -0.494. The van der Waals surface area contributed by atoms with E-state index in [4.69, 9.17) is 0 Å². The number of fused-ring (bicyclic) bond motifs is 1. The molecule has 0 aliphatic carbocycles. The van der Waals surface area contributed by atoms with Crippen LogP contribution in [0.5, 0.6) is 0 Å². The van der Waals surface area contributed by atoms with Gasteiger partial charge in [0.25, 0.3) is 5.91 Å². The number of piperidine rings is 1. The van der Waals surface area contributed by atoms with E-state index in [1.807, 2.05) is 18.7 Å². The topological polar surface area (TPSA) is 63.1 Å². The lowest BCUT2D eigenvalue weighted by Crippen LogP contribution is -2.30. The van der Waals surface area contributed by atoms with Crippen LogP contribution in [0.1, 0.15) is 60.8 Å². The number of amides is 1. The fraction of sp³-hybridized carbons (Fsp3) is 0.435. The molecule has 1 N–H and O–H groups in total. The van der Waals surface area contributed by atoms with Crippen LogP contribution >= 0.6 is 0 Å². The van der Waals surface area contributed by atoms with Crippen LogP contribution in [0, 0.1) is 6.92 Å². The molecule has 3 aromatic rings. The van der Waals surface area contributed by atoms with Gasteiger partial charge in [0.2, 0.25) is 0 Å². The number of alkyl halides is 3. The maximum absolute atomic E-state index is 13.4. The fourth-order valence-corrected chi connectivity index (χ4v) is 4.09. The molecule has 0 spiro atoms. The zero-order chi connectivity index (χ0) is 23.0. The standard InChI is InChI=1S/C23H26F3N5O/c1-14(2)31-21-16(13-27-31)11-18(15(3)28-21)22(32)29-19-12-17(23(24,25)26)7-8-20(19)30-9-5-4-6-10-30/h7-8,11-14H,4-6,9-10H2,1-3H3,(H,29,32). The van der Waals surface area contributed by atoms with Gasteiger partial charge >= 0.3 is 6.18 Å². The van der Waals surface area contributed by atoms with Crippen LogP contribution in [0.2, 0.25) is 0 Å². The lowest BCUT2D eigenvalue weighted by Gasteiger charge is -2.31. The van der Waals surface area contributed by atoms with E-state index in [9.17, 15) is 18.0 Å². The summed E-state index contributed by atoms with van der Waals surface area (Å²) < 4.78 is 41.9. The molecule has 1 saturated heterocycles. The smallest absolute Gasteiger partial charge is 0.370 e. The molecule has 1 amide bonds. The van der Waals surface area contributed by atoms with Crippen molar-refractivity contribution in [2.45, 2.75) is 52.3 Å². The molecule has 32 heavy (non-hydrogen) atoms. The van der Waals surface area contributed by atoms with E-state index < -0.39 is 17.6 Å². The van der Waals surface area contributed by atoms with Gasteiger partial charge in [-0.3, -0.25) is 4.79 Å². The minimum atomic E-state index is -4.50. The molecule has 4 rings (SSSR count). The molecule has 1 aliphatic rings. The first-order valence-corrected chi connectivity index (χ1v) is 10.8. The molecule has 6 nitrogen and oxygen atoms in total. The summed E-state index contributed by atoms with van der Waals surface area (Å²) in [5, 5.41) is 7.75. The van der Waals surface area contributed by atoms with Crippen molar-refractivity contribution in [1.82, 2.24) is 14.8 Å². The predicted octanol–water partition coefficient (Wildman–Crippen LogP) is 5.58. The van der Waals surface area contributed by atoms with Crippen LogP contribution in [0.15, 0.2) is 30.5 Å². The van der Waals surface area contributed by atoms with Gasteiger partial charge in [0, 0.05) is 24.5 Å². The zero-order valence-electron chi connectivity index (χ0n) is 18.3. The molecular formula is C23H26F3N5O. The average Bonchev–Trinajstić information content (AvgIpc) is 3.16. The molecule has 0 saturated carbocycles. The third-order valence-electron chi connectivity index (χ3n) is 5.76. The quantitative estimate of drug-likeness (QED) is 0.569. The lowest BCUT2D eigenvalue weighted by molar-refractivity contribution is -0.137. The molecule has 2 aromatic heterocycles. The summed E-state index contributed by atoms with van der Waals surface area (Å²) in [6.45, 7) is 7.17. The maximum atomic E-state index is 13.4. The molecule has 170 valence electrons. The number of carbonyl (C=O) groups excluding carboxylic acids is 1. The van der Waals surface area contributed by atoms with Crippen LogP contribution in [0.3, 0.4) is 0 Å². The summed E-state index contributed by atoms with van der Waals surface area (Å²) in [5.41, 5.74) is 1.43. The molecular weight excluding hydrogens is 419 g/mol. The van der Waals surface area contributed by atoms with Crippen LogP contribution < -0.4 is 10.2 Å². The number of nitrogens with zero attached hydrogens (tertiary/aromatic N) is 4. The van der Waals surface area contributed by atoms with Gasteiger partial charge < -0.3 is 10.2 Å². The Kier molecular flexibility index (Phi) is 5.83. The number of halogens is 3. The second-order valence-corrected chi connectivity index (χ2v) is 8.45. The van der Waals surface area contributed by atoms with Gasteiger partial charge in [-0.2, -0.15) is 18.3 Å². The van der Waals surface area contributed by atoms with E-state index in [0.29, 0.717) is 28.0 Å². The number of carbonyl (C=O) groups is 1. The van der Waals surface area contributed by atoms with E-state index in [1.165, 1.54) is 6.07 Å². The van der Waals surface area contributed by atoms with E-state index >= 15 is 0 Å². The Balaban J connectivity index is 1.71. The van der Waals surface area contributed by atoms with Crippen molar-refractivity contribution < 1.29 is 18.0 Å². The minimum absolute atomic E-state index is 0.108. The summed E-state index contributed by atoms with van der Waals surface area (Å²) in [7, 11) is 0. The van der Waals surface area contributed by atoms with E-state index in [0.717, 1.165) is 44.5 Å². The van der Waals surface area contributed by atoms with Crippen molar-refractivity contribution in [2.75, 3.05) is 23.3 Å². The molecule has 0 unspecified atom stereocenters. The molecule has 1 aliphatic heterocycles. The Morgan fingerprint density at radius 1 is 1.12 bits per heavy atom. The van der Waals surface area contributed by atoms with Gasteiger partial charge in [-0.25, -0.2) is 9.67 Å². The van der Waals surface area contributed by atoms with Gasteiger partial charge in [0.05, 0.1) is 34.4 Å². The first-order valence-electron chi connectivity index (χ1n) is 10.8. The van der Waals surface area contributed by atoms with Crippen LogP contribution in [-0.2, 0) is 6.18 Å². The second kappa shape index (κ2) is 8.44. The highest BCUT2D eigenvalue weighted by molar-refractivity contribution is 6.08. The van der Waals surface area contributed by atoms with Crippen LogP contribution in [0.25, 0.3) is 11.0 Å². The van der Waals surface area contributed by atoms with Crippen molar-refractivity contribution >= 4 is 28.3 Å². The van der Waals surface area contributed by atoms with E-state index in [-0.39, 0.29) is 11.7 Å². The Hall–Kier alpha value is -3.10. The van der Waals surface area contributed by atoms with Gasteiger partial charge in [-0.15, -0.1) is 0 Å². The highest BCUT2D eigenvalue weighted by Gasteiger charge is 2.32. The number of aromatic nitrogens is 3. The lowest BCUT2D eigenvalue weighted by atomic mass is 10.1. The number of pyridine rings is 1. The number of benzene rings is 1. The number of anilines is 2. The second-order valence-electron chi connectivity index (χ2n) is 8.45. The first kappa shape index (κ1) is 22.1. The summed E-state index contributed by atoms with van der Waals surface area (Å²) in [6.07, 6.45) is 0.166. The highest BCUT2D eigenvalue weighted by Crippen LogP contribution is 2.36. The van der Waals surface area contributed by atoms with Crippen molar-refractivity contribution in [1.29, 1.82) is 0 Å². The normalized spacial score (nSPS) is 14.9. The number of rotatable bonds is 4. The molecule has 1 fully saturated rings. The van der Waals surface area contributed by atoms with Crippen LogP contribution in [-0.4, -0.2) is 33.8 Å². The highest BCUT2D eigenvalue weighted by atomic mass is 19.4. The average molecular weight is 445 g/mol. The molecule has 9 heteroatoms.